The number of hydrogen-bond acceptors (Lipinski definition) is 7. The lowest BCUT2D eigenvalue weighted by Gasteiger charge is -2.12. The summed E-state index contributed by atoms with van der Waals surface area (Å²) in [7, 11) is 0. The van der Waals surface area contributed by atoms with Gasteiger partial charge in [-0.05, 0) is 12.8 Å². The van der Waals surface area contributed by atoms with E-state index < -0.39 is 0 Å². The molecule has 2 heterocycles. The summed E-state index contributed by atoms with van der Waals surface area (Å²) in [6.45, 7) is 0. The van der Waals surface area contributed by atoms with Crippen LogP contribution in [-0.2, 0) is 0 Å². The number of carbonyl (C=O) groups is 1. The third-order valence-electron chi connectivity index (χ3n) is 4.83. The summed E-state index contributed by atoms with van der Waals surface area (Å²) >= 11 is 1.28. The van der Waals surface area contributed by atoms with E-state index in [9.17, 15) is 4.79 Å². The van der Waals surface area contributed by atoms with Crippen LogP contribution in [0.4, 0.5) is 10.7 Å². The van der Waals surface area contributed by atoms with Crippen molar-refractivity contribution in [2.24, 2.45) is 0 Å². The Balaban J connectivity index is 1.63. The molecule has 0 amide bonds. The number of nitrogens with one attached hydrogen (secondary N) is 2. The fourth-order valence-electron chi connectivity index (χ4n) is 3.37. The Morgan fingerprint density at radius 1 is 1.30 bits per heavy atom. The highest BCUT2D eigenvalue weighted by atomic mass is 32.1. The van der Waals surface area contributed by atoms with E-state index in [0.717, 1.165) is 23.4 Å². The summed E-state index contributed by atoms with van der Waals surface area (Å²) in [4.78, 5) is 13.3. The van der Waals surface area contributed by atoms with Gasteiger partial charge in [-0.15, -0.1) is 11.3 Å². The van der Waals surface area contributed by atoms with E-state index in [0.29, 0.717) is 27.9 Å². The third-order valence-corrected chi connectivity index (χ3v) is 5.98. The van der Waals surface area contributed by atoms with Gasteiger partial charge in [-0.25, -0.2) is 0 Å². The number of nitrogens with zero attached hydrogens (tertiary/aromatic N) is 1. The van der Waals surface area contributed by atoms with Gasteiger partial charge in [0.15, 0.2) is 0 Å². The van der Waals surface area contributed by atoms with E-state index >= 15 is 0 Å². The molecule has 3 aromatic rings. The Labute approximate surface area is 160 Å². The maximum absolute atomic E-state index is 12.9. The topological polar surface area (TPSA) is 105 Å². The molecule has 1 fully saturated rings. The minimum Gasteiger partial charge on any atom is -0.397 e. The number of anilines is 2. The zero-order valence-corrected chi connectivity index (χ0v) is 15.5. The van der Waals surface area contributed by atoms with Crippen LogP contribution in [0, 0.1) is 5.41 Å². The van der Waals surface area contributed by atoms with Crippen LogP contribution >= 0.6 is 11.3 Å². The number of rotatable bonds is 6. The van der Waals surface area contributed by atoms with Gasteiger partial charge in [0.05, 0.1) is 11.3 Å². The Kier molecular flexibility index (Phi) is 4.77. The molecule has 7 heteroatoms. The minimum absolute atomic E-state index is 0.144. The Hall–Kier alpha value is -2.93. The van der Waals surface area contributed by atoms with Crippen LogP contribution in [0.5, 0.6) is 0 Å². The standard InChI is InChI=1S/C20H20N4O2S/c21-11-14-17(22)19(27-20(14)23-13-8-4-5-9-13)18(25)16-10-15(24-26-16)12-6-2-1-3-7-12/h1-3,6-7,10-11,13,21,23H,4-5,8-9,22H2. The van der Waals surface area contributed by atoms with Crippen molar-refractivity contribution < 1.29 is 9.32 Å². The Morgan fingerprint density at radius 2 is 2.04 bits per heavy atom. The molecule has 1 aliphatic rings. The van der Waals surface area contributed by atoms with Gasteiger partial charge in [0.2, 0.25) is 11.5 Å². The van der Waals surface area contributed by atoms with Crippen molar-refractivity contribution in [2.75, 3.05) is 11.1 Å². The maximum atomic E-state index is 12.9. The van der Waals surface area contributed by atoms with Crippen LogP contribution in [0.3, 0.4) is 0 Å². The van der Waals surface area contributed by atoms with Gasteiger partial charge in [-0.1, -0.05) is 48.3 Å². The Bertz CT molecular complexity index is 971. The monoisotopic (exact) mass is 380 g/mol. The van der Waals surface area contributed by atoms with E-state index in [4.69, 9.17) is 15.7 Å². The zero-order chi connectivity index (χ0) is 18.8. The van der Waals surface area contributed by atoms with Crippen LogP contribution in [0.1, 0.15) is 46.7 Å². The number of carbonyl (C=O) groups excluding carboxylic acids is 1. The highest BCUT2D eigenvalue weighted by Gasteiger charge is 2.26. The van der Waals surface area contributed by atoms with Crippen molar-refractivity contribution >= 4 is 34.0 Å². The summed E-state index contributed by atoms with van der Waals surface area (Å²) in [6, 6.07) is 11.5. The van der Waals surface area contributed by atoms with Crippen LogP contribution in [-0.4, -0.2) is 23.2 Å². The second-order valence-electron chi connectivity index (χ2n) is 6.63. The van der Waals surface area contributed by atoms with Crippen LogP contribution in [0.25, 0.3) is 11.3 Å². The molecule has 0 spiro atoms. The van der Waals surface area contributed by atoms with Gasteiger partial charge < -0.3 is 21.0 Å². The predicted octanol–water partition coefficient (Wildman–Crippen LogP) is 4.57. The van der Waals surface area contributed by atoms with Crippen molar-refractivity contribution in [1.29, 1.82) is 5.41 Å². The van der Waals surface area contributed by atoms with Gasteiger partial charge in [0.1, 0.15) is 15.6 Å². The second kappa shape index (κ2) is 7.36. The summed E-state index contributed by atoms with van der Waals surface area (Å²) in [6.07, 6.45) is 5.80. The maximum Gasteiger partial charge on any atom is 0.243 e. The zero-order valence-electron chi connectivity index (χ0n) is 14.7. The molecule has 0 unspecified atom stereocenters. The highest BCUT2D eigenvalue weighted by Crippen LogP contribution is 2.38. The van der Waals surface area contributed by atoms with Gasteiger partial charge in [-0.2, -0.15) is 0 Å². The largest absolute Gasteiger partial charge is 0.397 e. The number of aromatic nitrogens is 1. The molecule has 6 nitrogen and oxygen atoms in total. The smallest absolute Gasteiger partial charge is 0.243 e. The first-order valence-corrected chi connectivity index (χ1v) is 9.75. The molecule has 138 valence electrons. The first-order valence-electron chi connectivity index (χ1n) is 8.93. The summed E-state index contributed by atoms with van der Waals surface area (Å²) < 4.78 is 5.28. The van der Waals surface area contributed by atoms with Gasteiger partial charge in [-0.3, -0.25) is 4.79 Å². The Morgan fingerprint density at radius 3 is 2.74 bits per heavy atom. The predicted molar refractivity (Wildman–Crippen MR) is 108 cm³/mol. The quantitative estimate of drug-likeness (QED) is 0.429. The van der Waals surface area contributed by atoms with Gasteiger partial charge in [0.25, 0.3) is 0 Å². The molecule has 0 saturated heterocycles. The van der Waals surface area contributed by atoms with Gasteiger partial charge in [0, 0.05) is 23.9 Å². The lowest BCUT2D eigenvalue weighted by molar-refractivity contribution is 0.100. The molecule has 0 radical (unpaired) electrons. The molecule has 1 aliphatic carbocycles. The fraction of sp³-hybridized carbons (Fsp3) is 0.250. The second-order valence-corrected chi connectivity index (χ2v) is 7.65. The molecule has 1 saturated carbocycles. The average molecular weight is 380 g/mol. The molecule has 4 N–H and O–H groups in total. The van der Waals surface area contributed by atoms with Crippen LogP contribution in [0.15, 0.2) is 40.9 Å². The molecule has 0 atom stereocenters. The van der Waals surface area contributed by atoms with E-state index in [-0.39, 0.29) is 11.5 Å². The van der Waals surface area contributed by atoms with E-state index in [1.165, 1.54) is 30.4 Å². The third kappa shape index (κ3) is 3.38. The van der Waals surface area contributed by atoms with Crippen molar-refractivity contribution in [3.63, 3.8) is 0 Å². The lowest BCUT2D eigenvalue weighted by atomic mass is 10.1. The number of ketones is 1. The van der Waals surface area contributed by atoms with E-state index in [1.54, 1.807) is 6.07 Å². The molecule has 0 bridgehead atoms. The van der Waals surface area contributed by atoms with E-state index in [1.807, 2.05) is 30.3 Å². The average Bonchev–Trinajstić information content (AvgIpc) is 3.43. The SMILES string of the molecule is N=Cc1c(NC2CCCC2)sc(C(=O)c2cc(-c3ccccc3)no2)c1N. The molecule has 1 aromatic carbocycles. The number of thiophene rings is 1. The minimum atomic E-state index is -0.310. The molecule has 27 heavy (non-hydrogen) atoms. The first-order chi connectivity index (χ1) is 13.2. The van der Waals surface area contributed by atoms with Crippen LogP contribution in [0.2, 0.25) is 0 Å². The van der Waals surface area contributed by atoms with Gasteiger partial charge >= 0.3 is 0 Å². The van der Waals surface area contributed by atoms with Crippen LogP contribution < -0.4 is 11.1 Å². The van der Waals surface area contributed by atoms with Crippen molar-refractivity contribution in [3.05, 3.63) is 52.6 Å². The molecular formula is C20H20N4O2S. The highest BCUT2D eigenvalue weighted by molar-refractivity contribution is 7.19. The van der Waals surface area contributed by atoms with Crippen molar-refractivity contribution in [3.8, 4) is 11.3 Å². The van der Waals surface area contributed by atoms with Crippen molar-refractivity contribution in [2.45, 2.75) is 31.7 Å². The van der Waals surface area contributed by atoms with Crippen molar-refractivity contribution in [1.82, 2.24) is 5.16 Å². The molecular weight excluding hydrogens is 360 g/mol. The summed E-state index contributed by atoms with van der Waals surface area (Å²) in [5.74, 6) is -0.166. The lowest BCUT2D eigenvalue weighted by Crippen LogP contribution is -2.14. The van der Waals surface area contributed by atoms with E-state index in [2.05, 4.69) is 10.5 Å². The number of hydrogen-bond donors (Lipinski definition) is 3. The fourth-order valence-corrected chi connectivity index (χ4v) is 4.49. The number of benzene rings is 1. The number of nitrogens with two attached hydrogens (primary N) is 1. The summed E-state index contributed by atoms with van der Waals surface area (Å²) in [5, 5.41) is 15.9. The molecule has 0 aliphatic heterocycles. The first kappa shape index (κ1) is 17.5. The molecule has 4 rings (SSSR count). The number of nitrogen functional groups attached to an aromatic ring is 1. The normalized spacial score (nSPS) is 14.4. The molecule has 2 aromatic heterocycles. The summed E-state index contributed by atoms with van der Waals surface area (Å²) in [5.41, 5.74) is 8.55.